The summed E-state index contributed by atoms with van der Waals surface area (Å²) in [5, 5.41) is 9.81. The van der Waals surface area contributed by atoms with Gasteiger partial charge in [-0.3, -0.25) is 19.3 Å². The summed E-state index contributed by atoms with van der Waals surface area (Å²) in [6, 6.07) is 17.4. The van der Waals surface area contributed by atoms with Crippen molar-refractivity contribution >= 4 is 23.2 Å². The number of amides is 2. The monoisotopic (exact) mass is 447 g/mol. The van der Waals surface area contributed by atoms with E-state index in [4.69, 9.17) is 4.74 Å². The molecule has 33 heavy (non-hydrogen) atoms. The van der Waals surface area contributed by atoms with Gasteiger partial charge in [0.05, 0.1) is 25.4 Å². The zero-order valence-corrected chi connectivity index (χ0v) is 18.3. The van der Waals surface area contributed by atoms with E-state index >= 15 is 0 Å². The minimum Gasteiger partial charge on any atom is -0.379 e. The summed E-state index contributed by atoms with van der Waals surface area (Å²) in [5.74, 6) is -0.715. The van der Waals surface area contributed by atoms with Crippen LogP contribution >= 0.6 is 0 Å². The Hall–Kier alpha value is -3.82. The molecule has 1 saturated heterocycles. The highest BCUT2D eigenvalue weighted by Gasteiger charge is 2.16. The molecule has 2 aromatic carbocycles. The van der Waals surface area contributed by atoms with Gasteiger partial charge in [-0.05, 0) is 43.3 Å². The molecule has 3 aromatic rings. The molecular formula is C24H25N5O4. The quantitative estimate of drug-likeness (QED) is 0.599. The summed E-state index contributed by atoms with van der Waals surface area (Å²) in [6.07, 6.45) is 0. The third-order valence-corrected chi connectivity index (χ3v) is 5.22. The molecule has 2 amide bonds. The molecule has 2 N–H and O–H groups in total. The number of aromatic nitrogens is 2. The number of nitrogens with one attached hydrogen (secondary N) is 2. The Balaban J connectivity index is 1.41. The minimum absolute atomic E-state index is 0.112. The lowest BCUT2D eigenvalue weighted by Crippen LogP contribution is -2.41. The van der Waals surface area contributed by atoms with Crippen molar-refractivity contribution < 1.29 is 14.3 Å². The molecule has 1 aliphatic heterocycles. The number of rotatable bonds is 6. The van der Waals surface area contributed by atoms with Crippen LogP contribution in [0.3, 0.4) is 0 Å². The van der Waals surface area contributed by atoms with Crippen LogP contribution in [0.2, 0.25) is 0 Å². The Kier molecular flexibility index (Phi) is 6.92. The van der Waals surface area contributed by atoms with Crippen LogP contribution in [-0.2, 0) is 9.53 Å². The predicted molar refractivity (Wildman–Crippen MR) is 125 cm³/mol. The van der Waals surface area contributed by atoms with Crippen molar-refractivity contribution in [2.24, 2.45) is 0 Å². The van der Waals surface area contributed by atoms with Crippen molar-refractivity contribution in [3.63, 3.8) is 0 Å². The van der Waals surface area contributed by atoms with Crippen LogP contribution in [0.5, 0.6) is 0 Å². The molecule has 1 aromatic heterocycles. The van der Waals surface area contributed by atoms with Gasteiger partial charge >= 0.3 is 0 Å². The summed E-state index contributed by atoms with van der Waals surface area (Å²) < 4.78 is 6.84. The maximum Gasteiger partial charge on any atom is 0.280 e. The van der Waals surface area contributed by atoms with Gasteiger partial charge in [-0.15, -0.1) is 0 Å². The van der Waals surface area contributed by atoms with Crippen molar-refractivity contribution in [2.45, 2.75) is 6.92 Å². The second-order valence-electron chi connectivity index (χ2n) is 7.71. The number of aryl methyl sites for hydroxylation is 1. The number of ether oxygens (including phenoxy) is 1. The average Bonchev–Trinajstić information content (AvgIpc) is 2.81. The number of carbonyl (C=O) groups is 2. The van der Waals surface area contributed by atoms with Crippen LogP contribution in [0.15, 0.2) is 65.5 Å². The van der Waals surface area contributed by atoms with Crippen molar-refractivity contribution in [3.05, 3.63) is 82.3 Å². The SMILES string of the molecule is Cc1cc(=O)c(C(=O)Nc2ccc(NC(=O)CN3CCOCC3)cc2)nn1-c1ccccc1. The maximum absolute atomic E-state index is 12.7. The van der Waals surface area contributed by atoms with Crippen molar-refractivity contribution in [1.82, 2.24) is 14.7 Å². The van der Waals surface area contributed by atoms with Crippen LogP contribution in [0, 0.1) is 6.92 Å². The Morgan fingerprint density at radius 1 is 0.970 bits per heavy atom. The molecule has 9 nitrogen and oxygen atoms in total. The molecule has 0 saturated carbocycles. The molecule has 1 fully saturated rings. The smallest absolute Gasteiger partial charge is 0.280 e. The summed E-state index contributed by atoms with van der Waals surface area (Å²) in [5.41, 5.74) is 1.82. The normalized spacial score (nSPS) is 14.0. The Bertz CT molecular complexity index is 1190. The zero-order chi connectivity index (χ0) is 23.2. The molecule has 0 spiro atoms. The van der Waals surface area contributed by atoms with Crippen LogP contribution < -0.4 is 16.1 Å². The van der Waals surface area contributed by atoms with Gasteiger partial charge < -0.3 is 15.4 Å². The van der Waals surface area contributed by atoms with Gasteiger partial charge in [-0.25, -0.2) is 4.68 Å². The molecule has 170 valence electrons. The fraction of sp³-hybridized carbons (Fsp3) is 0.250. The first-order valence-corrected chi connectivity index (χ1v) is 10.7. The number of anilines is 2. The number of carbonyl (C=O) groups excluding carboxylic acids is 2. The second-order valence-corrected chi connectivity index (χ2v) is 7.71. The third kappa shape index (κ3) is 5.71. The predicted octanol–water partition coefficient (Wildman–Crippen LogP) is 2.06. The molecule has 0 unspecified atom stereocenters. The second kappa shape index (κ2) is 10.2. The first-order chi connectivity index (χ1) is 16.0. The van der Waals surface area contributed by atoms with E-state index in [1.165, 1.54) is 6.07 Å². The number of para-hydroxylation sites is 1. The van der Waals surface area contributed by atoms with E-state index in [2.05, 4.69) is 15.7 Å². The van der Waals surface area contributed by atoms with E-state index in [-0.39, 0.29) is 11.6 Å². The Morgan fingerprint density at radius 3 is 2.27 bits per heavy atom. The summed E-state index contributed by atoms with van der Waals surface area (Å²) in [6.45, 7) is 4.79. The molecule has 2 heterocycles. The van der Waals surface area contributed by atoms with E-state index in [0.29, 0.717) is 36.8 Å². The van der Waals surface area contributed by atoms with E-state index in [9.17, 15) is 14.4 Å². The van der Waals surface area contributed by atoms with E-state index in [1.54, 1.807) is 35.9 Å². The topological polar surface area (TPSA) is 106 Å². The van der Waals surface area contributed by atoms with Gasteiger partial charge in [0.25, 0.3) is 5.91 Å². The summed E-state index contributed by atoms with van der Waals surface area (Å²) in [7, 11) is 0. The van der Waals surface area contributed by atoms with Crippen LogP contribution in [0.1, 0.15) is 16.2 Å². The number of benzene rings is 2. The highest BCUT2D eigenvalue weighted by Crippen LogP contribution is 2.15. The zero-order valence-electron chi connectivity index (χ0n) is 18.3. The van der Waals surface area contributed by atoms with Crippen LogP contribution in [-0.4, -0.2) is 59.3 Å². The van der Waals surface area contributed by atoms with Gasteiger partial charge in [-0.2, -0.15) is 5.10 Å². The van der Waals surface area contributed by atoms with Gasteiger partial charge in [0.2, 0.25) is 11.3 Å². The fourth-order valence-corrected chi connectivity index (χ4v) is 3.53. The van der Waals surface area contributed by atoms with Gasteiger partial charge in [-0.1, -0.05) is 18.2 Å². The maximum atomic E-state index is 12.7. The molecular weight excluding hydrogens is 422 g/mol. The molecule has 1 aliphatic rings. The molecule has 0 atom stereocenters. The molecule has 0 radical (unpaired) electrons. The highest BCUT2D eigenvalue weighted by molar-refractivity contribution is 6.03. The van der Waals surface area contributed by atoms with Crippen LogP contribution in [0.25, 0.3) is 5.69 Å². The van der Waals surface area contributed by atoms with Crippen LogP contribution in [0.4, 0.5) is 11.4 Å². The van der Waals surface area contributed by atoms with Crippen molar-refractivity contribution in [3.8, 4) is 5.69 Å². The van der Waals surface area contributed by atoms with Crippen molar-refractivity contribution in [1.29, 1.82) is 0 Å². The number of morpholine rings is 1. The van der Waals surface area contributed by atoms with Gasteiger partial charge in [0.1, 0.15) is 0 Å². The first kappa shape index (κ1) is 22.4. The van der Waals surface area contributed by atoms with E-state index in [0.717, 1.165) is 18.8 Å². The minimum atomic E-state index is -0.603. The van der Waals surface area contributed by atoms with E-state index in [1.807, 2.05) is 35.2 Å². The van der Waals surface area contributed by atoms with Gasteiger partial charge in [0, 0.05) is 36.2 Å². The highest BCUT2D eigenvalue weighted by atomic mass is 16.5. The van der Waals surface area contributed by atoms with Crippen molar-refractivity contribution in [2.75, 3.05) is 43.5 Å². The first-order valence-electron chi connectivity index (χ1n) is 10.7. The van der Waals surface area contributed by atoms with E-state index < -0.39 is 11.3 Å². The average molecular weight is 447 g/mol. The summed E-state index contributed by atoms with van der Waals surface area (Å²) in [4.78, 5) is 39.4. The summed E-state index contributed by atoms with van der Waals surface area (Å²) >= 11 is 0. The molecule has 4 rings (SSSR count). The number of nitrogens with zero attached hydrogens (tertiary/aromatic N) is 3. The Morgan fingerprint density at radius 2 is 1.61 bits per heavy atom. The fourth-order valence-electron chi connectivity index (χ4n) is 3.53. The lowest BCUT2D eigenvalue weighted by molar-refractivity contribution is -0.118. The Labute approximate surface area is 191 Å². The number of hydrogen-bond donors (Lipinski definition) is 2. The lowest BCUT2D eigenvalue weighted by atomic mass is 10.2. The van der Waals surface area contributed by atoms with Gasteiger partial charge in [0.15, 0.2) is 5.69 Å². The standard InChI is InChI=1S/C24H25N5O4/c1-17-15-21(30)23(27-29(17)20-5-3-2-4-6-20)24(32)26-19-9-7-18(8-10-19)25-22(31)16-28-11-13-33-14-12-28/h2-10,15H,11-14,16H2,1H3,(H,25,31)(H,26,32). The number of hydrogen-bond acceptors (Lipinski definition) is 6. The molecule has 0 aliphatic carbocycles. The third-order valence-electron chi connectivity index (χ3n) is 5.22. The molecule has 0 bridgehead atoms. The molecule has 9 heteroatoms. The largest absolute Gasteiger partial charge is 0.379 e. The lowest BCUT2D eigenvalue weighted by Gasteiger charge is -2.25.